The lowest BCUT2D eigenvalue weighted by Gasteiger charge is -2.16. The van der Waals surface area contributed by atoms with Gasteiger partial charge in [-0.1, -0.05) is 15.9 Å². The van der Waals surface area contributed by atoms with E-state index in [1.165, 1.54) is 22.0 Å². The van der Waals surface area contributed by atoms with Gasteiger partial charge in [0.05, 0.1) is 13.7 Å². The van der Waals surface area contributed by atoms with Gasteiger partial charge < -0.3 is 14.8 Å². The van der Waals surface area contributed by atoms with Crippen LogP contribution in [0.2, 0.25) is 0 Å². The Bertz CT molecular complexity index is 442. The summed E-state index contributed by atoms with van der Waals surface area (Å²) in [6, 6.07) is 2.13. The molecule has 2 aliphatic rings. The molecule has 0 radical (unpaired) electrons. The third-order valence-corrected chi connectivity index (χ3v) is 4.56. The number of benzene rings is 1. The summed E-state index contributed by atoms with van der Waals surface area (Å²) in [6.07, 6.45) is 2.17. The van der Waals surface area contributed by atoms with Gasteiger partial charge in [0, 0.05) is 23.0 Å². The van der Waals surface area contributed by atoms with Crippen LogP contribution in [-0.2, 0) is 6.42 Å². The minimum Gasteiger partial charge on any atom is -0.493 e. The molecule has 2 heterocycles. The monoisotopic (exact) mass is 297 g/mol. The van der Waals surface area contributed by atoms with Gasteiger partial charge in [0.1, 0.15) is 0 Å². The second-order valence-electron chi connectivity index (χ2n) is 4.58. The highest BCUT2D eigenvalue weighted by Gasteiger charge is 2.27. The first-order valence-corrected chi connectivity index (χ1v) is 6.83. The van der Waals surface area contributed by atoms with Crippen LogP contribution >= 0.6 is 15.9 Å². The number of halogens is 1. The standard InChI is InChI=1S/C13H16BrNO2/c1-16-11-6-10(8-2-4-15-7-8)12(14)9-3-5-17-13(9)11/h6,8,15H,2-5,7H2,1H3. The van der Waals surface area contributed by atoms with E-state index in [2.05, 4.69) is 27.3 Å². The highest BCUT2D eigenvalue weighted by atomic mass is 79.9. The number of fused-ring (bicyclic) bond motifs is 1. The number of methoxy groups -OCH3 is 1. The molecular formula is C13H16BrNO2. The van der Waals surface area contributed by atoms with Crippen LogP contribution < -0.4 is 14.8 Å². The molecule has 0 spiro atoms. The summed E-state index contributed by atoms with van der Waals surface area (Å²) in [5.74, 6) is 2.39. The molecule has 1 saturated heterocycles. The number of hydrogen-bond donors (Lipinski definition) is 1. The lowest BCUT2D eigenvalue weighted by atomic mass is 9.95. The average molecular weight is 298 g/mol. The Morgan fingerprint density at radius 3 is 3.12 bits per heavy atom. The van der Waals surface area contributed by atoms with E-state index in [4.69, 9.17) is 9.47 Å². The van der Waals surface area contributed by atoms with Gasteiger partial charge in [-0.2, -0.15) is 0 Å². The lowest BCUT2D eigenvalue weighted by molar-refractivity contribution is 0.326. The molecule has 3 nitrogen and oxygen atoms in total. The largest absolute Gasteiger partial charge is 0.493 e. The van der Waals surface area contributed by atoms with Gasteiger partial charge in [-0.25, -0.2) is 0 Å². The minimum atomic E-state index is 0.587. The molecule has 1 atom stereocenters. The van der Waals surface area contributed by atoms with Gasteiger partial charge in [-0.3, -0.25) is 0 Å². The molecule has 17 heavy (non-hydrogen) atoms. The fraction of sp³-hybridized carbons (Fsp3) is 0.538. The first-order chi connectivity index (χ1) is 8.31. The quantitative estimate of drug-likeness (QED) is 0.910. The van der Waals surface area contributed by atoms with Gasteiger partial charge >= 0.3 is 0 Å². The molecular weight excluding hydrogens is 282 g/mol. The molecule has 1 aromatic carbocycles. The first-order valence-electron chi connectivity index (χ1n) is 6.04. The van der Waals surface area contributed by atoms with Crippen LogP contribution in [-0.4, -0.2) is 26.8 Å². The smallest absolute Gasteiger partial charge is 0.165 e. The summed E-state index contributed by atoms with van der Waals surface area (Å²) in [7, 11) is 1.71. The van der Waals surface area contributed by atoms with Crippen LogP contribution in [0.1, 0.15) is 23.5 Å². The van der Waals surface area contributed by atoms with E-state index in [1.54, 1.807) is 7.11 Å². The lowest BCUT2D eigenvalue weighted by Crippen LogP contribution is -2.09. The van der Waals surface area contributed by atoms with Crippen molar-refractivity contribution < 1.29 is 9.47 Å². The number of ether oxygens (including phenoxy) is 2. The van der Waals surface area contributed by atoms with E-state index < -0.39 is 0 Å². The molecule has 2 aliphatic heterocycles. The molecule has 1 unspecified atom stereocenters. The van der Waals surface area contributed by atoms with Crippen molar-refractivity contribution in [1.29, 1.82) is 0 Å². The zero-order chi connectivity index (χ0) is 11.8. The fourth-order valence-corrected chi connectivity index (χ4v) is 3.51. The Balaban J connectivity index is 2.09. The van der Waals surface area contributed by atoms with Crippen LogP contribution in [0, 0.1) is 0 Å². The van der Waals surface area contributed by atoms with Gasteiger partial charge in [-0.05, 0) is 30.5 Å². The minimum absolute atomic E-state index is 0.587. The molecule has 0 aliphatic carbocycles. The second-order valence-corrected chi connectivity index (χ2v) is 5.37. The van der Waals surface area contributed by atoms with E-state index in [9.17, 15) is 0 Å². The van der Waals surface area contributed by atoms with Crippen molar-refractivity contribution in [3.63, 3.8) is 0 Å². The fourth-order valence-electron chi connectivity index (χ4n) is 2.70. The van der Waals surface area contributed by atoms with Gasteiger partial charge in [0.2, 0.25) is 0 Å². The summed E-state index contributed by atoms with van der Waals surface area (Å²) in [5, 5.41) is 3.41. The topological polar surface area (TPSA) is 30.5 Å². The Morgan fingerprint density at radius 1 is 1.53 bits per heavy atom. The van der Waals surface area contributed by atoms with Crippen molar-refractivity contribution in [2.45, 2.75) is 18.8 Å². The van der Waals surface area contributed by atoms with Crippen LogP contribution in [0.3, 0.4) is 0 Å². The van der Waals surface area contributed by atoms with Crippen molar-refractivity contribution in [2.24, 2.45) is 0 Å². The van der Waals surface area contributed by atoms with Gasteiger partial charge in [0.25, 0.3) is 0 Å². The highest BCUT2D eigenvalue weighted by Crippen LogP contribution is 2.45. The van der Waals surface area contributed by atoms with Crippen LogP contribution in [0.25, 0.3) is 0 Å². The number of rotatable bonds is 2. The maximum Gasteiger partial charge on any atom is 0.165 e. The van der Waals surface area contributed by atoms with Crippen molar-refractivity contribution >= 4 is 15.9 Å². The Hall–Kier alpha value is -0.740. The summed E-state index contributed by atoms with van der Waals surface area (Å²) in [6.45, 7) is 2.92. The summed E-state index contributed by atoms with van der Waals surface area (Å²) in [4.78, 5) is 0. The normalized spacial score (nSPS) is 22.4. The Kier molecular flexibility index (Phi) is 3.01. The van der Waals surface area contributed by atoms with Crippen molar-refractivity contribution in [1.82, 2.24) is 5.32 Å². The molecule has 1 N–H and O–H groups in total. The summed E-state index contributed by atoms with van der Waals surface area (Å²) < 4.78 is 12.3. The van der Waals surface area contributed by atoms with Crippen molar-refractivity contribution in [3.8, 4) is 11.5 Å². The third kappa shape index (κ3) is 1.83. The predicted molar refractivity (Wildman–Crippen MR) is 70.1 cm³/mol. The van der Waals surface area contributed by atoms with Crippen molar-refractivity contribution in [3.05, 3.63) is 21.7 Å². The molecule has 3 rings (SSSR count). The maximum atomic E-state index is 5.65. The number of nitrogens with one attached hydrogen (secondary N) is 1. The second kappa shape index (κ2) is 4.50. The first kappa shape index (κ1) is 11.4. The summed E-state index contributed by atoms with van der Waals surface area (Å²) in [5.41, 5.74) is 2.63. The molecule has 1 aromatic rings. The highest BCUT2D eigenvalue weighted by molar-refractivity contribution is 9.10. The molecule has 4 heteroatoms. The predicted octanol–water partition coefficient (Wildman–Crippen LogP) is 2.47. The molecule has 0 saturated carbocycles. The zero-order valence-corrected chi connectivity index (χ0v) is 11.5. The SMILES string of the molecule is COc1cc(C2CCNC2)c(Br)c2c1OCC2. The molecule has 92 valence electrons. The van der Waals surface area contributed by atoms with Crippen LogP contribution in [0.15, 0.2) is 10.5 Å². The van der Waals surface area contributed by atoms with Gasteiger partial charge in [0.15, 0.2) is 11.5 Å². The zero-order valence-electron chi connectivity index (χ0n) is 9.88. The maximum absolute atomic E-state index is 5.65. The van der Waals surface area contributed by atoms with E-state index in [-0.39, 0.29) is 0 Å². The number of hydrogen-bond acceptors (Lipinski definition) is 3. The van der Waals surface area contributed by atoms with Gasteiger partial charge in [-0.15, -0.1) is 0 Å². The Morgan fingerprint density at radius 2 is 2.41 bits per heavy atom. The van der Waals surface area contributed by atoms with Crippen LogP contribution in [0.5, 0.6) is 11.5 Å². The third-order valence-electron chi connectivity index (χ3n) is 3.62. The molecule has 0 amide bonds. The Labute approximate surface area is 110 Å². The van der Waals surface area contributed by atoms with E-state index in [1.807, 2.05) is 0 Å². The average Bonchev–Trinajstić information content (AvgIpc) is 3.00. The summed E-state index contributed by atoms with van der Waals surface area (Å²) >= 11 is 3.74. The van der Waals surface area contributed by atoms with E-state index >= 15 is 0 Å². The van der Waals surface area contributed by atoms with Crippen molar-refractivity contribution in [2.75, 3.05) is 26.8 Å². The molecule has 0 bridgehead atoms. The van der Waals surface area contributed by atoms with E-state index in [0.717, 1.165) is 37.6 Å². The van der Waals surface area contributed by atoms with E-state index in [0.29, 0.717) is 5.92 Å². The van der Waals surface area contributed by atoms with Crippen LogP contribution in [0.4, 0.5) is 0 Å². The molecule has 1 fully saturated rings. The molecule has 0 aromatic heterocycles.